The summed E-state index contributed by atoms with van der Waals surface area (Å²) in [5.74, 6) is -1.29. The van der Waals surface area contributed by atoms with E-state index in [0.29, 0.717) is 0 Å². The van der Waals surface area contributed by atoms with Gasteiger partial charge in [-0.15, -0.1) is 0 Å². The van der Waals surface area contributed by atoms with Crippen LogP contribution in [0, 0.1) is 11.6 Å². The van der Waals surface area contributed by atoms with Gasteiger partial charge in [0.1, 0.15) is 5.82 Å². The molecule has 0 fully saturated rings. The maximum absolute atomic E-state index is 13.3. The van der Waals surface area contributed by atoms with Crippen molar-refractivity contribution in [3.05, 3.63) is 71.3 Å². The first-order chi connectivity index (χ1) is 9.65. The van der Waals surface area contributed by atoms with Crippen molar-refractivity contribution in [1.29, 1.82) is 0 Å². The van der Waals surface area contributed by atoms with Crippen molar-refractivity contribution in [1.82, 2.24) is 0 Å². The van der Waals surface area contributed by atoms with Crippen LogP contribution in [0.2, 0.25) is 0 Å². The molecule has 0 aliphatic heterocycles. The molecule has 20 heavy (non-hydrogen) atoms. The van der Waals surface area contributed by atoms with Gasteiger partial charge in [0.2, 0.25) is 0 Å². The molecule has 4 heteroatoms. The summed E-state index contributed by atoms with van der Waals surface area (Å²) in [6, 6.07) is 13.1. The van der Waals surface area contributed by atoms with Crippen LogP contribution < -0.4 is 5.43 Å². The molecule has 0 spiro atoms. The zero-order chi connectivity index (χ0) is 14.4. The molecule has 0 aromatic heterocycles. The van der Waals surface area contributed by atoms with E-state index in [2.05, 4.69) is 10.5 Å². The zero-order valence-electron chi connectivity index (χ0n) is 11.0. The predicted molar refractivity (Wildman–Crippen MR) is 78.6 cm³/mol. The van der Waals surface area contributed by atoms with Crippen LogP contribution in [0.5, 0.6) is 0 Å². The highest BCUT2D eigenvalue weighted by molar-refractivity contribution is 5.85. The third kappa shape index (κ3) is 4.02. The molecule has 0 aliphatic rings. The van der Waals surface area contributed by atoms with E-state index in [1.54, 1.807) is 6.21 Å². The van der Waals surface area contributed by atoms with Gasteiger partial charge in [-0.1, -0.05) is 36.4 Å². The molecular weight excluding hydrogens is 258 g/mol. The van der Waals surface area contributed by atoms with Gasteiger partial charge in [0.05, 0.1) is 11.9 Å². The van der Waals surface area contributed by atoms with Gasteiger partial charge in [-0.3, -0.25) is 5.43 Å². The molecule has 2 aromatic rings. The van der Waals surface area contributed by atoms with Crippen molar-refractivity contribution in [2.75, 3.05) is 5.43 Å². The number of allylic oxidation sites excluding steroid dienone is 1. The van der Waals surface area contributed by atoms with Gasteiger partial charge in [0, 0.05) is 6.07 Å². The first-order valence-corrected chi connectivity index (χ1v) is 6.12. The molecule has 0 bridgehead atoms. The van der Waals surface area contributed by atoms with Gasteiger partial charge in [-0.05, 0) is 30.2 Å². The van der Waals surface area contributed by atoms with E-state index in [4.69, 9.17) is 0 Å². The van der Waals surface area contributed by atoms with E-state index in [1.807, 2.05) is 43.3 Å². The summed E-state index contributed by atoms with van der Waals surface area (Å²) in [4.78, 5) is 0. The summed E-state index contributed by atoms with van der Waals surface area (Å²) >= 11 is 0. The minimum absolute atomic E-state index is 0.134. The molecule has 0 aliphatic carbocycles. The number of hydrazone groups is 1. The molecule has 2 nitrogen and oxygen atoms in total. The zero-order valence-corrected chi connectivity index (χ0v) is 11.0. The van der Waals surface area contributed by atoms with E-state index in [0.717, 1.165) is 17.2 Å². The van der Waals surface area contributed by atoms with Crippen LogP contribution in [0.25, 0.3) is 6.08 Å². The Labute approximate surface area is 116 Å². The maximum atomic E-state index is 13.3. The molecule has 0 saturated carbocycles. The number of hydrogen-bond donors (Lipinski definition) is 1. The van der Waals surface area contributed by atoms with Crippen molar-refractivity contribution in [2.45, 2.75) is 6.92 Å². The average Bonchev–Trinajstić information content (AvgIpc) is 2.42. The SMILES string of the molecule is CC(/C=N\Nc1ccc(F)cc1F)=C/c1ccccc1. The summed E-state index contributed by atoms with van der Waals surface area (Å²) in [5.41, 5.74) is 4.65. The third-order valence-electron chi connectivity index (χ3n) is 2.58. The quantitative estimate of drug-likeness (QED) is 0.644. The molecule has 102 valence electrons. The van der Waals surface area contributed by atoms with Crippen LogP contribution in [0.4, 0.5) is 14.5 Å². The van der Waals surface area contributed by atoms with Crippen molar-refractivity contribution in [3.63, 3.8) is 0 Å². The second kappa shape index (κ2) is 6.61. The second-order valence-corrected chi connectivity index (χ2v) is 4.29. The summed E-state index contributed by atoms with van der Waals surface area (Å²) in [6.45, 7) is 1.89. The minimum Gasteiger partial charge on any atom is -0.276 e. The first-order valence-electron chi connectivity index (χ1n) is 6.12. The number of nitrogens with one attached hydrogen (secondary N) is 1. The van der Waals surface area contributed by atoms with Gasteiger partial charge >= 0.3 is 0 Å². The molecule has 0 unspecified atom stereocenters. The van der Waals surface area contributed by atoms with Crippen LogP contribution in [0.15, 0.2) is 59.2 Å². The van der Waals surface area contributed by atoms with Crippen LogP contribution >= 0.6 is 0 Å². The molecule has 2 aromatic carbocycles. The molecule has 1 N–H and O–H groups in total. The summed E-state index contributed by atoms with van der Waals surface area (Å²) in [5, 5.41) is 3.92. The van der Waals surface area contributed by atoms with Crippen molar-refractivity contribution >= 4 is 18.0 Å². The van der Waals surface area contributed by atoms with E-state index in [1.165, 1.54) is 12.1 Å². The largest absolute Gasteiger partial charge is 0.276 e. The summed E-state index contributed by atoms with van der Waals surface area (Å²) < 4.78 is 26.1. The first kappa shape index (κ1) is 13.9. The third-order valence-corrected chi connectivity index (χ3v) is 2.58. The molecular formula is C16H14F2N2. The fourth-order valence-electron chi connectivity index (χ4n) is 1.63. The Morgan fingerprint density at radius 3 is 2.55 bits per heavy atom. The smallest absolute Gasteiger partial charge is 0.151 e. The van der Waals surface area contributed by atoms with Gasteiger partial charge in [-0.2, -0.15) is 5.10 Å². The van der Waals surface area contributed by atoms with Gasteiger partial charge in [0.25, 0.3) is 0 Å². The van der Waals surface area contributed by atoms with Gasteiger partial charge in [-0.25, -0.2) is 8.78 Å². The monoisotopic (exact) mass is 272 g/mol. The normalized spacial score (nSPS) is 11.8. The van der Waals surface area contributed by atoms with E-state index < -0.39 is 11.6 Å². The van der Waals surface area contributed by atoms with Gasteiger partial charge < -0.3 is 0 Å². The number of halogens is 2. The Hall–Kier alpha value is -2.49. The summed E-state index contributed by atoms with van der Waals surface area (Å²) in [6.07, 6.45) is 3.53. The van der Waals surface area contributed by atoms with Gasteiger partial charge in [0.15, 0.2) is 5.82 Å². The predicted octanol–water partition coefficient (Wildman–Crippen LogP) is 4.47. The number of hydrogen-bond acceptors (Lipinski definition) is 2. The standard InChI is InChI=1S/C16H14F2N2/c1-12(9-13-5-3-2-4-6-13)11-19-20-16-8-7-14(17)10-15(16)18/h2-11,20H,1H3/b12-9-,19-11-. The molecule has 0 atom stereocenters. The van der Waals surface area contributed by atoms with Crippen LogP contribution in [0.3, 0.4) is 0 Å². The van der Waals surface area contributed by atoms with E-state index >= 15 is 0 Å². The molecule has 0 amide bonds. The molecule has 0 saturated heterocycles. The van der Waals surface area contributed by atoms with Crippen molar-refractivity contribution in [2.24, 2.45) is 5.10 Å². The Morgan fingerprint density at radius 1 is 1.10 bits per heavy atom. The van der Waals surface area contributed by atoms with Crippen LogP contribution in [-0.4, -0.2) is 6.21 Å². The Bertz CT molecular complexity index is 634. The average molecular weight is 272 g/mol. The second-order valence-electron chi connectivity index (χ2n) is 4.29. The maximum Gasteiger partial charge on any atom is 0.151 e. The number of benzene rings is 2. The van der Waals surface area contributed by atoms with Crippen molar-refractivity contribution < 1.29 is 8.78 Å². The Balaban J connectivity index is 2.01. The minimum atomic E-state index is -0.674. The number of anilines is 1. The van der Waals surface area contributed by atoms with Crippen LogP contribution in [0.1, 0.15) is 12.5 Å². The highest BCUT2D eigenvalue weighted by Gasteiger charge is 2.01. The van der Waals surface area contributed by atoms with E-state index in [9.17, 15) is 8.78 Å². The lowest BCUT2D eigenvalue weighted by molar-refractivity contribution is 0.585. The topological polar surface area (TPSA) is 24.4 Å². The highest BCUT2D eigenvalue weighted by Crippen LogP contribution is 2.14. The molecule has 0 heterocycles. The number of nitrogens with zero attached hydrogens (tertiary/aromatic N) is 1. The Kier molecular flexibility index (Phi) is 4.60. The lowest BCUT2D eigenvalue weighted by Gasteiger charge is -2.01. The van der Waals surface area contributed by atoms with E-state index in [-0.39, 0.29) is 5.69 Å². The fraction of sp³-hybridized carbons (Fsp3) is 0.0625. The molecule has 2 rings (SSSR count). The lowest BCUT2D eigenvalue weighted by Crippen LogP contribution is -1.94. The van der Waals surface area contributed by atoms with Crippen LogP contribution in [-0.2, 0) is 0 Å². The van der Waals surface area contributed by atoms with Crippen molar-refractivity contribution in [3.8, 4) is 0 Å². The highest BCUT2D eigenvalue weighted by atomic mass is 19.1. The number of rotatable bonds is 4. The Morgan fingerprint density at radius 2 is 1.85 bits per heavy atom. The molecule has 0 radical (unpaired) electrons. The lowest BCUT2D eigenvalue weighted by atomic mass is 10.1. The fourth-order valence-corrected chi connectivity index (χ4v) is 1.63. The summed E-state index contributed by atoms with van der Waals surface area (Å²) in [7, 11) is 0.